The Bertz CT molecular complexity index is 6360. The molecule has 0 unspecified atom stereocenters. The van der Waals surface area contributed by atoms with Crippen molar-refractivity contribution in [2.24, 2.45) is 0 Å². The molecule has 0 aliphatic carbocycles. The number of hydrogen-bond donors (Lipinski definition) is 1. The summed E-state index contributed by atoms with van der Waals surface area (Å²) >= 11 is 3.68. The van der Waals surface area contributed by atoms with Crippen molar-refractivity contribution < 1.29 is 0 Å². The van der Waals surface area contributed by atoms with Crippen LogP contribution in [0, 0.1) is 0 Å². The van der Waals surface area contributed by atoms with Gasteiger partial charge in [-0.15, -0.1) is 0 Å². The van der Waals surface area contributed by atoms with Gasteiger partial charge in [-0.3, -0.25) is 4.57 Å². The van der Waals surface area contributed by atoms with Gasteiger partial charge in [0.15, 0.2) is 34.9 Å². The third-order valence-electron chi connectivity index (χ3n) is 18.7. The van der Waals surface area contributed by atoms with Crippen molar-refractivity contribution in [2.75, 3.05) is 0 Å². The first kappa shape index (κ1) is 63.3. The fourth-order valence-electron chi connectivity index (χ4n) is 13.8. The molecule has 20 aromatic rings. The van der Waals surface area contributed by atoms with E-state index in [1.807, 2.05) is 182 Å². The van der Waals surface area contributed by atoms with Crippen LogP contribution in [-0.4, -0.2) is 58.6 Å². The zero-order valence-corrected chi connectivity index (χ0v) is 58.0. The van der Waals surface area contributed by atoms with E-state index in [2.05, 4.69) is 222 Å². The van der Waals surface area contributed by atoms with Crippen LogP contribution in [0.4, 0.5) is 0 Å². The number of aromatic amines is 1. The smallest absolute Gasteiger partial charge is 0.164 e. The quantitative estimate of drug-likeness (QED) is 0.135. The molecule has 0 aliphatic rings. The second-order valence-electron chi connectivity index (χ2n) is 25.3. The number of fused-ring (bicyclic) bond motifs is 8. The summed E-state index contributed by atoms with van der Waals surface area (Å²) in [5.74, 6) is 5.69. The van der Waals surface area contributed by atoms with Crippen LogP contribution in [0.15, 0.2) is 368 Å². The Morgan fingerprint density at radius 3 is 1.01 bits per heavy atom. The number of nitrogens with zero attached hydrogens (tertiary/aromatic N) is 11. The minimum Gasteiger partial charge on any atom is -0.338 e. The van der Waals surface area contributed by atoms with Crippen LogP contribution in [0.1, 0.15) is 0 Å². The first-order valence-corrected chi connectivity index (χ1v) is 35.5. The largest absolute Gasteiger partial charge is 0.338 e. The Morgan fingerprint density at radius 1 is 0.219 bits per heavy atom. The number of halogens is 1. The minimum absolute atomic E-state index is 0.623. The fraction of sp³-hybridized carbons (Fsp3) is 0. The van der Waals surface area contributed by atoms with Crippen molar-refractivity contribution in [1.82, 2.24) is 58.6 Å². The summed E-state index contributed by atoms with van der Waals surface area (Å²) in [7, 11) is 0. The van der Waals surface area contributed by atoms with Crippen LogP contribution in [0.3, 0.4) is 0 Å². The third kappa shape index (κ3) is 12.6. The monoisotopic (exact) mass is 1410 g/mol. The van der Waals surface area contributed by atoms with E-state index in [9.17, 15) is 0 Å². The standard InChI is InChI=1S/C46H30N6.C33H21BrN4.C13H10N2/c1-5-15-31(16-6-1)43-48-44(32-17-7-2-8-18-32)50-45(49-43)34-25-27-40-37(29-34)38-30-36(26-28-41(38)51(40)35-21-11-4-12-22-35)52-42-24-14-13-23-39(42)47-46(52)33-19-9-3-10-20-33;34-25-17-19-30-28(21-25)27-20-24(16-18-29(27)38(30)26-14-8-3-9-15-26)33-36-31(22-10-4-1-5-11-22)35-32(37-33)23-12-6-2-7-13-23;1-2-6-10(7-3-1)13-14-11-8-4-5-9-12(11)15-13/h1-30H;1-21H;1-9H,(H,14,15). The van der Waals surface area contributed by atoms with Gasteiger partial charge >= 0.3 is 0 Å². The van der Waals surface area contributed by atoms with Crippen LogP contribution in [0.5, 0.6) is 0 Å². The van der Waals surface area contributed by atoms with E-state index in [4.69, 9.17) is 34.9 Å². The van der Waals surface area contributed by atoms with Crippen molar-refractivity contribution in [3.8, 4) is 108 Å². The first-order chi connectivity index (χ1) is 52.0. The predicted octanol–water partition coefficient (Wildman–Crippen LogP) is 22.9. The lowest BCUT2D eigenvalue weighted by Crippen LogP contribution is -2.00. The molecule has 0 bridgehead atoms. The number of hydrogen-bond acceptors (Lipinski definition) is 8. The molecule has 0 radical (unpaired) electrons. The Morgan fingerprint density at radius 2 is 0.562 bits per heavy atom. The molecule has 14 aromatic carbocycles. The molecule has 13 heteroatoms. The highest BCUT2D eigenvalue weighted by Crippen LogP contribution is 2.40. The molecule has 6 aromatic heterocycles. The number of H-pyrrole nitrogens is 1. The number of para-hydroxylation sites is 6. The normalized spacial score (nSPS) is 11.3. The minimum atomic E-state index is 0.623. The van der Waals surface area contributed by atoms with Gasteiger partial charge in [0.2, 0.25) is 0 Å². The second-order valence-corrected chi connectivity index (χ2v) is 26.3. The summed E-state index contributed by atoms with van der Waals surface area (Å²) in [6, 6.07) is 124. The van der Waals surface area contributed by atoms with Gasteiger partial charge in [0, 0.05) is 87.6 Å². The summed E-state index contributed by atoms with van der Waals surface area (Å²) < 4.78 is 7.95. The number of nitrogens with one attached hydrogen (secondary N) is 1. The molecule has 0 fully saturated rings. The van der Waals surface area contributed by atoms with Gasteiger partial charge in [-0.05, 0) is 121 Å². The summed E-state index contributed by atoms with van der Waals surface area (Å²) in [5.41, 5.74) is 19.7. The summed E-state index contributed by atoms with van der Waals surface area (Å²) in [4.78, 5) is 42.6. The Balaban J connectivity index is 0.000000128. The molecule has 0 atom stereocenters. The highest BCUT2D eigenvalue weighted by atomic mass is 79.9. The Kier molecular flexibility index (Phi) is 16.8. The van der Waals surface area contributed by atoms with Crippen LogP contribution in [-0.2, 0) is 0 Å². The third-order valence-corrected chi connectivity index (χ3v) is 19.2. The van der Waals surface area contributed by atoms with Gasteiger partial charge in [-0.1, -0.05) is 259 Å². The fourth-order valence-corrected chi connectivity index (χ4v) is 14.1. The lowest BCUT2D eigenvalue weighted by molar-refractivity contribution is 1.07. The van der Waals surface area contributed by atoms with Crippen LogP contribution < -0.4 is 0 Å². The highest BCUT2D eigenvalue weighted by Gasteiger charge is 2.22. The molecule has 0 spiro atoms. The maximum Gasteiger partial charge on any atom is 0.164 e. The van der Waals surface area contributed by atoms with Crippen molar-refractivity contribution in [2.45, 2.75) is 0 Å². The zero-order valence-electron chi connectivity index (χ0n) is 56.4. The van der Waals surface area contributed by atoms with E-state index >= 15 is 0 Å². The van der Waals surface area contributed by atoms with Gasteiger partial charge in [-0.2, -0.15) is 0 Å². The van der Waals surface area contributed by atoms with E-state index in [1.165, 1.54) is 5.39 Å². The summed E-state index contributed by atoms with van der Waals surface area (Å²) in [6.07, 6.45) is 0. The number of imidazole rings is 2. The van der Waals surface area contributed by atoms with Crippen LogP contribution in [0.2, 0.25) is 0 Å². The second kappa shape index (κ2) is 27.9. The molecular weight excluding hydrogens is 1350 g/mol. The van der Waals surface area contributed by atoms with E-state index in [-0.39, 0.29) is 0 Å². The Hall–Kier alpha value is -13.9. The molecule has 0 saturated carbocycles. The van der Waals surface area contributed by atoms with Crippen molar-refractivity contribution in [3.05, 3.63) is 368 Å². The molecule has 20 rings (SSSR count). The van der Waals surface area contributed by atoms with E-state index < -0.39 is 0 Å². The van der Waals surface area contributed by atoms with Gasteiger partial charge in [0.1, 0.15) is 11.6 Å². The van der Waals surface area contributed by atoms with Crippen molar-refractivity contribution in [3.63, 3.8) is 0 Å². The molecule has 6 heterocycles. The lowest BCUT2D eigenvalue weighted by Gasteiger charge is -2.11. The van der Waals surface area contributed by atoms with E-state index in [1.54, 1.807) is 0 Å². The van der Waals surface area contributed by atoms with Crippen molar-refractivity contribution in [1.29, 1.82) is 0 Å². The maximum atomic E-state index is 5.11. The number of rotatable bonds is 11. The maximum absolute atomic E-state index is 5.11. The molecule has 105 heavy (non-hydrogen) atoms. The van der Waals surface area contributed by atoms with Crippen molar-refractivity contribution >= 4 is 81.6 Å². The molecule has 496 valence electrons. The van der Waals surface area contributed by atoms with E-state index in [0.29, 0.717) is 34.9 Å². The van der Waals surface area contributed by atoms with Crippen LogP contribution >= 0.6 is 15.9 Å². The zero-order chi connectivity index (χ0) is 70.0. The molecule has 0 aliphatic heterocycles. The average Bonchev–Trinajstić information content (AvgIpc) is 1.59. The Labute approximate surface area is 612 Å². The average molecular weight is 1410 g/mol. The number of benzene rings is 14. The van der Waals surface area contributed by atoms with Gasteiger partial charge in [-0.25, -0.2) is 39.9 Å². The molecule has 1 N–H and O–H groups in total. The highest BCUT2D eigenvalue weighted by molar-refractivity contribution is 9.10. The lowest BCUT2D eigenvalue weighted by atomic mass is 10.1. The van der Waals surface area contributed by atoms with Crippen LogP contribution in [0.25, 0.3) is 174 Å². The molecule has 0 amide bonds. The SMILES string of the molecule is Brc1ccc2c(c1)c1cc(-c3nc(-c4ccccc4)nc(-c4ccccc4)n3)ccc1n2-c1ccccc1.c1ccc(-c2nc(-c3ccccc3)nc(-c3ccc4c(c3)c3cc(-n5c(-c6ccccc6)nc6ccccc65)ccc3n4-c3ccccc3)n2)cc1.c1ccc(-c2nc3ccccc3[nH]2)cc1. The number of aromatic nitrogens is 12. The topological polar surface area (TPSA) is 134 Å². The van der Waals surface area contributed by atoms with Gasteiger partial charge in [0.25, 0.3) is 0 Å². The summed E-state index contributed by atoms with van der Waals surface area (Å²) in [6.45, 7) is 0. The molecular formula is C92H61BrN12. The first-order valence-electron chi connectivity index (χ1n) is 34.7. The van der Waals surface area contributed by atoms with E-state index in [0.717, 1.165) is 138 Å². The van der Waals surface area contributed by atoms with Gasteiger partial charge in [0.05, 0.1) is 44.1 Å². The molecule has 12 nitrogen and oxygen atoms in total. The predicted molar refractivity (Wildman–Crippen MR) is 430 cm³/mol. The van der Waals surface area contributed by atoms with Gasteiger partial charge < -0.3 is 14.1 Å². The molecule has 0 saturated heterocycles. The summed E-state index contributed by atoms with van der Waals surface area (Å²) in [5, 5.41) is 4.54.